The Labute approximate surface area is 128 Å². The Balaban J connectivity index is 1.67. The zero-order chi connectivity index (χ0) is 15.1. The first kappa shape index (κ1) is 15.2. The molecule has 7 heteroatoms. The van der Waals surface area contributed by atoms with Gasteiger partial charge in [0.25, 0.3) is 0 Å². The molecule has 0 aliphatic rings. The number of carbonyl (C=O) groups excluding carboxylic acids is 1. The molecular weight excluding hydrogens is 286 g/mol. The lowest BCUT2D eigenvalue weighted by molar-refractivity contribution is 0.252. The number of hydrogen-bond acceptors (Lipinski definition) is 5. The number of benzene rings is 1. The topological polar surface area (TPSA) is 78.9 Å². The quantitative estimate of drug-likeness (QED) is 0.717. The summed E-state index contributed by atoms with van der Waals surface area (Å²) in [6.07, 6.45) is 0. The van der Waals surface area contributed by atoms with E-state index in [-0.39, 0.29) is 11.9 Å². The Bertz CT molecular complexity index is 570. The SMILES string of the molecule is CC(C)c1nsc(NC(=O)NCCNc2ccccc2)n1. The molecule has 0 fully saturated rings. The van der Waals surface area contributed by atoms with Crippen molar-refractivity contribution in [3.05, 3.63) is 36.2 Å². The van der Waals surface area contributed by atoms with E-state index in [9.17, 15) is 4.79 Å². The van der Waals surface area contributed by atoms with Crippen LogP contribution >= 0.6 is 11.5 Å². The van der Waals surface area contributed by atoms with Crippen molar-refractivity contribution in [1.82, 2.24) is 14.7 Å². The summed E-state index contributed by atoms with van der Waals surface area (Å²) < 4.78 is 4.18. The Kier molecular flexibility index (Phi) is 5.51. The van der Waals surface area contributed by atoms with Crippen molar-refractivity contribution in [2.75, 3.05) is 23.7 Å². The third kappa shape index (κ3) is 5.03. The van der Waals surface area contributed by atoms with Gasteiger partial charge in [-0.2, -0.15) is 4.37 Å². The fourth-order valence-electron chi connectivity index (χ4n) is 1.60. The number of nitrogens with one attached hydrogen (secondary N) is 3. The van der Waals surface area contributed by atoms with Crippen LogP contribution < -0.4 is 16.0 Å². The fourth-order valence-corrected chi connectivity index (χ4v) is 2.30. The second-order valence-electron chi connectivity index (χ2n) is 4.79. The summed E-state index contributed by atoms with van der Waals surface area (Å²) in [6, 6.07) is 9.58. The van der Waals surface area contributed by atoms with Crippen LogP contribution in [0.25, 0.3) is 0 Å². The van der Waals surface area contributed by atoms with Crippen LogP contribution in [0.3, 0.4) is 0 Å². The van der Waals surface area contributed by atoms with Crippen LogP contribution in [0, 0.1) is 0 Å². The predicted molar refractivity (Wildman–Crippen MR) is 86.0 cm³/mol. The summed E-state index contributed by atoms with van der Waals surface area (Å²) in [5.41, 5.74) is 1.03. The summed E-state index contributed by atoms with van der Waals surface area (Å²) in [5, 5.41) is 9.18. The molecule has 0 aliphatic heterocycles. The fraction of sp³-hybridized carbons (Fsp3) is 0.357. The maximum Gasteiger partial charge on any atom is 0.321 e. The Hall–Kier alpha value is -2.15. The first-order chi connectivity index (χ1) is 10.1. The van der Waals surface area contributed by atoms with E-state index in [4.69, 9.17) is 0 Å². The molecule has 0 unspecified atom stereocenters. The van der Waals surface area contributed by atoms with E-state index >= 15 is 0 Å². The van der Waals surface area contributed by atoms with Gasteiger partial charge in [-0.1, -0.05) is 32.0 Å². The molecule has 0 atom stereocenters. The number of hydrogen-bond donors (Lipinski definition) is 3. The number of rotatable bonds is 6. The Morgan fingerprint density at radius 2 is 2.00 bits per heavy atom. The molecule has 2 aromatic rings. The number of para-hydroxylation sites is 1. The maximum atomic E-state index is 11.7. The minimum absolute atomic E-state index is 0.259. The van der Waals surface area contributed by atoms with E-state index in [0.29, 0.717) is 18.2 Å². The molecule has 0 radical (unpaired) electrons. The normalized spacial score (nSPS) is 10.4. The zero-order valence-corrected chi connectivity index (χ0v) is 12.9. The molecule has 6 nitrogen and oxygen atoms in total. The first-order valence-corrected chi connectivity index (χ1v) is 7.60. The number of carbonyl (C=O) groups is 1. The highest BCUT2D eigenvalue weighted by molar-refractivity contribution is 7.09. The van der Waals surface area contributed by atoms with Crippen molar-refractivity contribution in [3.63, 3.8) is 0 Å². The molecule has 1 heterocycles. The molecule has 0 saturated carbocycles. The van der Waals surface area contributed by atoms with Gasteiger partial charge in [0.2, 0.25) is 5.13 Å². The molecule has 0 spiro atoms. The molecule has 112 valence electrons. The van der Waals surface area contributed by atoms with Gasteiger partial charge < -0.3 is 10.6 Å². The van der Waals surface area contributed by atoms with Crippen molar-refractivity contribution in [2.24, 2.45) is 0 Å². The van der Waals surface area contributed by atoms with E-state index in [2.05, 4.69) is 25.3 Å². The van der Waals surface area contributed by atoms with Crippen molar-refractivity contribution in [2.45, 2.75) is 19.8 Å². The summed E-state index contributed by atoms with van der Waals surface area (Å²) in [7, 11) is 0. The van der Waals surface area contributed by atoms with Gasteiger partial charge in [0.1, 0.15) is 5.82 Å². The molecule has 0 bridgehead atoms. The number of anilines is 2. The second kappa shape index (κ2) is 7.58. The molecule has 1 aromatic carbocycles. The second-order valence-corrected chi connectivity index (χ2v) is 5.54. The summed E-state index contributed by atoms with van der Waals surface area (Å²) in [5.74, 6) is 1.01. The number of urea groups is 1. The number of nitrogens with zero attached hydrogens (tertiary/aromatic N) is 2. The molecule has 1 aromatic heterocycles. The molecular formula is C14H19N5OS. The largest absolute Gasteiger partial charge is 0.383 e. The van der Waals surface area contributed by atoms with Crippen molar-refractivity contribution < 1.29 is 4.79 Å². The molecule has 0 saturated heterocycles. The first-order valence-electron chi connectivity index (χ1n) is 6.82. The minimum Gasteiger partial charge on any atom is -0.383 e. The van der Waals surface area contributed by atoms with Gasteiger partial charge in [0.15, 0.2) is 0 Å². The van der Waals surface area contributed by atoms with Crippen molar-refractivity contribution in [3.8, 4) is 0 Å². The van der Waals surface area contributed by atoms with Crippen LogP contribution in [0.2, 0.25) is 0 Å². The standard InChI is InChI=1S/C14H19N5OS/c1-10(2)12-17-14(21-19-12)18-13(20)16-9-8-15-11-6-4-3-5-7-11/h3-7,10,15H,8-9H2,1-2H3,(H2,16,17,18,19,20). The van der Waals surface area contributed by atoms with Gasteiger partial charge in [-0.25, -0.2) is 9.78 Å². The van der Waals surface area contributed by atoms with Gasteiger partial charge in [-0.15, -0.1) is 0 Å². The van der Waals surface area contributed by atoms with Crippen molar-refractivity contribution in [1.29, 1.82) is 0 Å². The minimum atomic E-state index is -0.267. The maximum absolute atomic E-state index is 11.7. The van der Waals surface area contributed by atoms with E-state index in [0.717, 1.165) is 11.5 Å². The zero-order valence-electron chi connectivity index (χ0n) is 12.1. The van der Waals surface area contributed by atoms with Gasteiger partial charge in [-0.3, -0.25) is 5.32 Å². The van der Waals surface area contributed by atoms with Gasteiger partial charge >= 0.3 is 6.03 Å². The smallest absolute Gasteiger partial charge is 0.321 e. The van der Waals surface area contributed by atoms with Crippen LogP contribution in [0.15, 0.2) is 30.3 Å². The molecule has 2 amide bonds. The molecule has 21 heavy (non-hydrogen) atoms. The summed E-state index contributed by atoms with van der Waals surface area (Å²) >= 11 is 1.19. The number of amides is 2. The van der Waals surface area contributed by atoms with E-state index < -0.39 is 0 Å². The average Bonchev–Trinajstić information content (AvgIpc) is 2.93. The van der Waals surface area contributed by atoms with Crippen molar-refractivity contribution >= 4 is 28.4 Å². The highest BCUT2D eigenvalue weighted by atomic mass is 32.1. The summed E-state index contributed by atoms with van der Waals surface area (Å²) in [6.45, 7) is 5.21. The average molecular weight is 305 g/mol. The number of aromatic nitrogens is 2. The summed E-state index contributed by atoms with van der Waals surface area (Å²) in [4.78, 5) is 15.9. The van der Waals surface area contributed by atoms with Crippen LogP contribution in [0.5, 0.6) is 0 Å². The lowest BCUT2D eigenvalue weighted by Crippen LogP contribution is -2.32. The van der Waals surface area contributed by atoms with Gasteiger partial charge in [0.05, 0.1) is 0 Å². The lowest BCUT2D eigenvalue weighted by Gasteiger charge is -2.07. The van der Waals surface area contributed by atoms with Crippen LogP contribution in [-0.4, -0.2) is 28.5 Å². The van der Waals surface area contributed by atoms with E-state index in [1.165, 1.54) is 11.5 Å². The van der Waals surface area contributed by atoms with Crippen LogP contribution in [-0.2, 0) is 0 Å². The molecule has 3 N–H and O–H groups in total. The predicted octanol–water partition coefficient (Wildman–Crippen LogP) is 2.90. The highest BCUT2D eigenvalue weighted by Gasteiger charge is 2.09. The monoisotopic (exact) mass is 305 g/mol. The molecule has 0 aliphatic carbocycles. The highest BCUT2D eigenvalue weighted by Crippen LogP contribution is 2.16. The van der Waals surface area contributed by atoms with Crippen LogP contribution in [0.4, 0.5) is 15.6 Å². The van der Waals surface area contributed by atoms with E-state index in [1.54, 1.807) is 0 Å². The molecule has 2 rings (SSSR count). The third-order valence-corrected chi connectivity index (χ3v) is 3.34. The Morgan fingerprint density at radius 1 is 1.24 bits per heavy atom. The van der Waals surface area contributed by atoms with E-state index in [1.807, 2.05) is 44.2 Å². The van der Waals surface area contributed by atoms with Gasteiger partial charge in [0, 0.05) is 36.2 Å². The Morgan fingerprint density at radius 3 is 2.67 bits per heavy atom. The van der Waals surface area contributed by atoms with Crippen LogP contribution in [0.1, 0.15) is 25.6 Å². The van der Waals surface area contributed by atoms with Gasteiger partial charge in [-0.05, 0) is 12.1 Å². The lowest BCUT2D eigenvalue weighted by atomic mass is 10.2. The third-order valence-electron chi connectivity index (χ3n) is 2.69.